The van der Waals surface area contributed by atoms with Crippen LogP contribution < -0.4 is 22.1 Å². The van der Waals surface area contributed by atoms with Crippen LogP contribution in [0.15, 0.2) is 24.3 Å². The van der Waals surface area contributed by atoms with Gasteiger partial charge in [0.1, 0.15) is 18.1 Å². The van der Waals surface area contributed by atoms with Gasteiger partial charge >= 0.3 is 0 Å². The second kappa shape index (κ2) is 20.1. The van der Waals surface area contributed by atoms with Crippen molar-refractivity contribution in [1.82, 2.24) is 39.2 Å². The fourth-order valence-electron chi connectivity index (χ4n) is 12.8. The van der Waals surface area contributed by atoms with Gasteiger partial charge in [-0.2, -0.15) is 21.0 Å². The first kappa shape index (κ1) is 49.7. The number of nitriles is 4. The van der Waals surface area contributed by atoms with Crippen LogP contribution in [0.25, 0.3) is 0 Å². The summed E-state index contributed by atoms with van der Waals surface area (Å²) in [5.41, 5.74) is 19.6. The molecule has 1 aromatic carbocycles. The van der Waals surface area contributed by atoms with Gasteiger partial charge in [-0.05, 0) is 81.9 Å². The summed E-state index contributed by atoms with van der Waals surface area (Å²) in [6, 6.07) is 12.8. The van der Waals surface area contributed by atoms with E-state index >= 15 is 0 Å². The molecule has 376 valence electrons. The Bertz CT molecular complexity index is 2390. The van der Waals surface area contributed by atoms with Crippen molar-refractivity contribution < 1.29 is 28.8 Å². The zero-order chi connectivity index (χ0) is 50.6. The molecule has 3 unspecified atom stereocenters. The van der Waals surface area contributed by atoms with Crippen molar-refractivity contribution in [3.63, 3.8) is 0 Å². The quantitative estimate of drug-likeness (QED) is 0.222. The molecule has 6 bridgehead atoms. The lowest BCUT2D eigenvalue weighted by Crippen LogP contribution is -2.57. The first-order valence-corrected chi connectivity index (χ1v) is 25.0. The van der Waals surface area contributed by atoms with E-state index in [1.807, 2.05) is 34.9 Å². The van der Waals surface area contributed by atoms with Gasteiger partial charge in [0.05, 0.1) is 72.1 Å². The van der Waals surface area contributed by atoms with Gasteiger partial charge in [0, 0.05) is 90.3 Å². The largest absolute Gasteiger partial charge is 0.340 e. The van der Waals surface area contributed by atoms with Crippen molar-refractivity contribution in [2.45, 2.75) is 136 Å². The molecular weight excluding hydrogens is 909 g/mol. The van der Waals surface area contributed by atoms with Crippen LogP contribution in [0.2, 0.25) is 0 Å². The third-order valence-corrected chi connectivity index (χ3v) is 16.8. The lowest BCUT2D eigenvalue weighted by molar-refractivity contribution is -0.138. The molecule has 10 aliphatic rings. The molecule has 9 heterocycles. The van der Waals surface area contributed by atoms with Crippen LogP contribution in [0.3, 0.4) is 0 Å². The smallest absolute Gasteiger partial charge is 0.244 e. The van der Waals surface area contributed by atoms with E-state index in [9.17, 15) is 34.0 Å². The Morgan fingerprint density at radius 1 is 0.620 bits per heavy atom. The summed E-state index contributed by atoms with van der Waals surface area (Å²) >= 11 is 0. The minimum Gasteiger partial charge on any atom is -0.340 e. The van der Waals surface area contributed by atoms with Gasteiger partial charge in [-0.25, -0.2) is 0 Å². The Hall–Kier alpha value is -6.24. The summed E-state index contributed by atoms with van der Waals surface area (Å²) in [7, 11) is 3.66. The maximum atomic E-state index is 13.0. The fourth-order valence-corrected chi connectivity index (χ4v) is 12.8. The molecule has 0 radical (unpaired) electrons. The fraction of sp³-hybridized carbons (Fsp3) is 0.673. The van der Waals surface area contributed by atoms with E-state index in [-0.39, 0.29) is 95.9 Å². The summed E-state index contributed by atoms with van der Waals surface area (Å²) in [6.45, 7) is 4.57. The summed E-state index contributed by atoms with van der Waals surface area (Å²) in [6.07, 6.45) is 7.26. The van der Waals surface area contributed by atoms with Gasteiger partial charge in [0.2, 0.25) is 35.4 Å². The number of hydrogen-bond donors (Lipinski definition) is 3. The molecule has 1 aromatic rings. The van der Waals surface area contributed by atoms with Crippen LogP contribution in [-0.2, 0) is 28.8 Å². The van der Waals surface area contributed by atoms with Gasteiger partial charge in [-0.15, -0.1) is 0 Å². The number of likely N-dealkylation sites (N-methyl/N-ethyl adjacent to an activating group) is 2. The van der Waals surface area contributed by atoms with E-state index in [1.54, 1.807) is 47.6 Å². The monoisotopic (exact) mass is 973 g/mol. The van der Waals surface area contributed by atoms with Gasteiger partial charge in [0.25, 0.3) is 0 Å². The molecule has 22 heteroatoms. The van der Waals surface area contributed by atoms with Crippen molar-refractivity contribution >= 4 is 41.1 Å². The van der Waals surface area contributed by atoms with Crippen molar-refractivity contribution in [2.24, 2.45) is 23.1 Å². The molecular formula is C49H64N16O6. The lowest BCUT2D eigenvalue weighted by atomic mass is 10.1. The van der Waals surface area contributed by atoms with Crippen LogP contribution in [0.5, 0.6) is 0 Å². The second-order valence-corrected chi connectivity index (χ2v) is 21.0. The second-order valence-electron chi connectivity index (χ2n) is 21.0. The van der Waals surface area contributed by atoms with Gasteiger partial charge in [0.15, 0.2) is 0 Å². The standard InChI is InChI=1S/C21H22N6O2.2C14H21N5O2/c22-8-12-2-1-3-14(4-12)26-16-7-19(21(26)29)25(10-16)11-17(24)20(28)27-15(9-23)5-13-6-18(13)27;2*1-17-10-5-12(14(17)21)18(7-10)8-11(16)13(20)19-4-2-3-9(19)6-15/h1-4,13,15-19H,5-7,10-11,24H2;2*9-12H,2-5,7-8,16H2,1H3/t13-,15+,16?,17+,18+,19+;2*9-,10?,11-,12-/m100/s1. The highest BCUT2D eigenvalue weighted by molar-refractivity contribution is 6.01. The van der Waals surface area contributed by atoms with E-state index in [0.29, 0.717) is 57.2 Å². The number of benzene rings is 1. The van der Waals surface area contributed by atoms with E-state index < -0.39 is 18.1 Å². The van der Waals surface area contributed by atoms with Gasteiger partial charge in [-0.1, -0.05) is 6.07 Å². The minimum atomic E-state index is -0.729. The van der Waals surface area contributed by atoms with E-state index in [4.69, 9.17) is 33.0 Å². The van der Waals surface area contributed by atoms with Crippen LogP contribution in [0.4, 0.5) is 5.69 Å². The highest BCUT2D eigenvalue weighted by Gasteiger charge is 2.56. The highest BCUT2D eigenvalue weighted by atomic mass is 16.2. The number of anilines is 1. The lowest BCUT2D eigenvalue weighted by Gasteiger charge is -2.35. The third-order valence-electron chi connectivity index (χ3n) is 16.8. The molecule has 22 nitrogen and oxygen atoms in total. The number of nitrogens with two attached hydrogens (primary N) is 3. The molecule has 11 rings (SSSR count). The van der Waals surface area contributed by atoms with E-state index in [1.165, 1.54) is 0 Å². The summed E-state index contributed by atoms with van der Waals surface area (Å²) in [5, 5.41) is 36.5. The number of carbonyl (C=O) groups excluding carboxylic acids is 6. The Balaban J connectivity index is 0.000000135. The predicted octanol–water partition coefficient (Wildman–Crippen LogP) is -2.33. The molecule has 1 aliphatic carbocycles. The Morgan fingerprint density at radius 3 is 1.54 bits per heavy atom. The average Bonchev–Trinajstić information content (AvgIpc) is 4.21. The number of piperidine rings is 1. The summed E-state index contributed by atoms with van der Waals surface area (Å²) in [4.78, 5) is 90.9. The maximum absolute atomic E-state index is 13.0. The highest BCUT2D eigenvalue weighted by Crippen LogP contribution is 2.48. The Labute approximate surface area is 413 Å². The molecule has 14 atom stereocenters. The van der Waals surface area contributed by atoms with Crippen molar-refractivity contribution in [2.75, 3.05) is 71.4 Å². The Morgan fingerprint density at radius 2 is 1.08 bits per heavy atom. The number of hydrogen-bond acceptors (Lipinski definition) is 16. The van der Waals surface area contributed by atoms with Gasteiger partial charge < -0.3 is 46.6 Å². The van der Waals surface area contributed by atoms with Crippen LogP contribution in [-0.4, -0.2) is 220 Å². The molecule has 10 fully saturated rings. The molecule has 6 N–H and O–H groups in total. The zero-order valence-electron chi connectivity index (χ0n) is 40.4. The third kappa shape index (κ3) is 9.29. The number of fused-ring (bicyclic) bond motifs is 7. The molecule has 71 heavy (non-hydrogen) atoms. The zero-order valence-corrected chi connectivity index (χ0v) is 40.4. The first-order chi connectivity index (χ1) is 34.1. The molecule has 0 aromatic heterocycles. The number of rotatable bonds is 10. The molecule has 1 saturated carbocycles. The van der Waals surface area contributed by atoms with Crippen molar-refractivity contribution in [3.8, 4) is 24.3 Å². The first-order valence-electron chi connectivity index (χ1n) is 25.0. The molecule has 0 spiro atoms. The van der Waals surface area contributed by atoms with Crippen LogP contribution >= 0.6 is 0 Å². The van der Waals surface area contributed by atoms with E-state index in [0.717, 1.165) is 70.1 Å². The predicted molar refractivity (Wildman–Crippen MR) is 253 cm³/mol. The van der Waals surface area contributed by atoms with Crippen molar-refractivity contribution in [1.29, 1.82) is 21.0 Å². The number of likely N-dealkylation sites (tertiary alicyclic amines) is 8. The van der Waals surface area contributed by atoms with E-state index in [2.05, 4.69) is 24.3 Å². The number of nitrogens with zero attached hydrogens (tertiary/aromatic N) is 13. The molecule has 6 amide bonds. The average molecular weight is 973 g/mol. The minimum absolute atomic E-state index is 0.00526. The Kier molecular flexibility index (Phi) is 14.1. The number of carbonyl (C=O) groups is 6. The number of piperazine rings is 3. The topological polar surface area (TPSA) is 305 Å². The van der Waals surface area contributed by atoms with Gasteiger partial charge in [-0.3, -0.25) is 43.5 Å². The summed E-state index contributed by atoms with van der Waals surface area (Å²) in [5.74, 6) is 0.205. The van der Waals surface area contributed by atoms with Crippen molar-refractivity contribution in [3.05, 3.63) is 29.8 Å². The number of amides is 6. The van der Waals surface area contributed by atoms with Crippen LogP contribution in [0, 0.1) is 51.2 Å². The SMILES string of the molecule is CN1C(=O)[C@@H]2CC1CN2C[C@H](N)C(=O)N1CCC[C@H]1C#N.CN1C(=O)[C@@H]2CC1CN2C[C@H](N)C(=O)N1CCC[C@H]1C#N.N#Cc1cccc(N2C(=O)[C@@H]3CC2CN3C[C@H](N)C(=O)N2[C@H](C#N)C[C@@H]3C[C@@H]32)c1. The molecule has 9 aliphatic heterocycles. The normalized spacial score (nSPS) is 33.5. The summed E-state index contributed by atoms with van der Waals surface area (Å²) < 4.78 is 0. The molecule has 9 saturated heterocycles. The van der Waals surface area contributed by atoms with Crippen LogP contribution in [0.1, 0.15) is 63.4 Å². The maximum Gasteiger partial charge on any atom is 0.244 e.